The maximum absolute atomic E-state index is 12.9. The third-order valence-corrected chi connectivity index (χ3v) is 5.06. The molecule has 3 aromatic carbocycles. The van der Waals surface area contributed by atoms with E-state index in [0.29, 0.717) is 24.1 Å². The fraction of sp³-hybridized carbons (Fsp3) is 0.125. The van der Waals surface area contributed by atoms with Gasteiger partial charge < -0.3 is 10.1 Å². The molecule has 1 N–H and O–H groups in total. The van der Waals surface area contributed by atoms with Gasteiger partial charge in [0.25, 0.3) is 17.7 Å². The zero-order valence-electron chi connectivity index (χ0n) is 16.4. The maximum Gasteiger partial charge on any atom is 0.266 e. The second-order valence-electron chi connectivity index (χ2n) is 6.83. The molecule has 0 fully saturated rings. The molecule has 4 rings (SSSR count). The van der Waals surface area contributed by atoms with Crippen LogP contribution in [-0.2, 0) is 6.42 Å². The fourth-order valence-corrected chi connectivity index (χ4v) is 3.58. The normalized spacial score (nSPS) is 12.6. The first-order valence-electron chi connectivity index (χ1n) is 9.58. The van der Waals surface area contributed by atoms with E-state index in [0.717, 1.165) is 16.2 Å². The summed E-state index contributed by atoms with van der Waals surface area (Å²) >= 11 is 0. The lowest BCUT2D eigenvalue weighted by atomic mass is 10.1. The van der Waals surface area contributed by atoms with Crippen LogP contribution in [-0.4, -0.2) is 31.4 Å². The Morgan fingerprint density at radius 3 is 2.17 bits per heavy atom. The molecule has 1 aliphatic rings. The first kappa shape index (κ1) is 19.4. The highest BCUT2D eigenvalue weighted by molar-refractivity contribution is 6.35. The molecule has 1 aliphatic heterocycles. The second-order valence-corrected chi connectivity index (χ2v) is 6.83. The lowest BCUT2D eigenvalue weighted by Gasteiger charge is -2.18. The van der Waals surface area contributed by atoms with Crippen LogP contribution < -0.4 is 15.0 Å². The number of nitrogens with one attached hydrogen (secondary N) is 1. The molecule has 30 heavy (non-hydrogen) atoms. The quantitative estimate of drug-likeness (QED) is 0.643. The second kappa shape index (κ2) is 8.21. The van der Waals surface area contributed by atoms with Gasteiger partial charge >= 0.3 is 0 Å². The minimum atomic E-state index is -0.426. The van der Waals surface area contributed by atoms with Crippen LogP contribution in [0.4, 0.5) is 5.69 Å². The summed E-state index contributed by atoms with van der Waals surface area (Å²) in [5.41, 5.74) is 2.21. The monoisotopic (exact) mass is 400 g/mol. The van der Waals surface area contributed by atoms with E-state index in [1.807, 2.05) is 24.3 Å². The van der Waals surface area contributed by atoms with Crippen molar-refractivity contribution in [3.05, 3.63) is 95.1 Å². The predicted octanol–water partition coefficient (Wildman–Crippen LogP) is 3.47. The number of anilines is 1. The molecule has 3 amide bonds. The summed E-state index contributed by atoms with van der Waals surface area (Å²) < 4.78 is 5.33. The maximum atomic E-state index is 12.9. The molecule has 1 heterocycles. The average Bonchev–Trinajstić information content (AvgIpc) is 3.04. The van der Waals surface area contributed by atoms with Crippen LogP contribution >= 0.6 is 0 Å². The number of nitrogens with zero attached hydrogens (tertiary/aromatic N) is 1. The SMILES string of the molecule is COc1ccccc1CCNC(=O)c1ccccc1N1C(=O)c2ccccc2C1=O. The van der Waals surface area contributed by atoms with Gasteiger partial charge in [0.15, 0.2) is 0 Å². The molecule has 3 aromatic rings. The van der Waals surface area contributed by atoms with E-state index < -0.39 is 11.8 Å². The van der Waals surface area contributed by atoms with E-state index >= 15 is 0 Å². The largest absolute Gasteiger partial charge is 0.496 e. The smallest absolute Gasteiger partial charge is 0.266 e. The number of imide groups is 1. The molecule has 0 spiro atoms. The Hall–Kier alpha value is -3.93. The van der Waals surface area contributed by atoms with Crippen LogP contribution in [0.1, 0.15) is 36.6 Å². The van der Waals surface area contributed by atoms with E-state index in [9.17, 15) is 14.4 Å². The molecule has 0 bridgehead atoms. The van der Waals surface area contributed by atoms with Crippen LogP contribution in [0.25, 0.3) is 0 Å². The van der Waals surface area contributed by atoms with Gasteiger partial charge in [0.2, 0.25) is 0 Å². The summed E-state index contributed by atoms with van der Waals surface area (Å²) in [4.78, 5) is 39.6. The molecule has 150 valence electrons. The van der Waals surface area contributed by atoms with Crippen LogP contribution in [0.2, 0.25) is 0 Å². The first-order valence-corrected chi connectivity index (χ1v) is 9.58. The van der Waals surface area contributed by atoms with Crippen molar-refractivity contribution in [2.24, 2.45) is 0 Å². The van der Waals surface area contributed by atoms with Crippen molar-refractivity contribution in [1.82, 2.24) is 5.32 Å². The van der Waals surface area contributed by atoms with Crippen molar-refractivity contribution < 1.29 is 19.1 Å². The van der Waals surface area contributed by atoms with E-state index in [1.54, 1.807) is 55.6 Å². The minimum Gasteiger partial charge on any atom is -0.496 e. The van der Waals surface area contributed by atoms with Crippen molar-refractivity contribution in [3.63, 3.8) is 0 Å². The molecule has 6 heteroatoms. The molecule has 0 aliphatic carbocycles. The zero-order valence-corrected chi connectivity index (χ0v) is 16.4. The summed E-state index contributed by atoms with van der Waals surface area (Å²) in [5.74, 6) is -0.440. The van der Waals surface area contributed by atoms with E-state index in [2.05, 4.69) is 5.32 Å². The lowest BCUT2D eigenvalue weighted by Crippen LogP contribution is -2.33. The van der Waals surface area contributed by atoms with Crippen molar-refractivity contribution in [3.8, 4) is 5.75 Å². The standard InChI is InChI=1S/C24H20N2O4/c1-30-21-13-7-2-8-16(21)14-15-25-22(27)19-11-5-6-12-20(19)26-23(28)17-9-3-4-10-18(17)24(26)29/h2-13H,14-15H2,1H3,(H,25,27). The van der Waals surface area contributed by atoms with E-state index in [-0.39, 0.29) is 17.2 Å². The minimum absolute atomic E-state index is 0.270. The number of carbonyl (C=O) groups is 3. The Balaban J connectivity index is 1.53. The average molecular weight is 400 g/mol. The number of rotatable bonds is 6. The van der Waals surface area contributed by atoms with Gasteiger partial charge in [-0.2, -0.15) is 0 Å². The summed E-state index contributed by atoms with van der Waals surface area (Å²) in [6.45, 7) is 0.385. The highest BCUT2D eigenvalue weighted by atomic mass is 16.5. The Kier molecular flexibility index (Phi) is 5.30. The number of hydrogen-bond donors (Lipinski definition) is 1. The number of para-hydroxylation sites is 2. The van der Waals surface area contributed by atoms with E-state index in [4.69, 9.17) is 4.74 Å². The molecular formula is C24H20N2O4. The fourth-order valence-electron chi connectivity index (χ4n) is 3.58. The highest BCUT2D eigenvalue weighted by Crippen LogP contribution is 2.30. The third-order valence-electron chi connectivity index (χ3n) is 5.06. The predicted molar refractivity (Wildman–Crippen MR) is 113 cm³/mol. The van der Waals surface area contributed by atoms with Gasteiger partial charge in [-0.3, -0.25) is 14.4 Å². The number of carbonyl (C=O) groups excluding carboxylic acids is 3. The van der Waals surface area contributed by atoms with Crippen molar-refractivity contribution in [2.45, 2.75) is 6.42 Å². The van der Waals surface area contributed by atoms with Gasteiger partial charge in [0, 0.05) is 6.54 Å². The lowest BCUT2D eigenvalue weighted by molar-refractivity contribution is 0.0926. The summed E-state index contributed by atoms with van der Waals surface area (Å²) in [6, 6.07) is 20.9. The van der Waals surface area contributed by atoms with Gasteiger partial charge in [0.1, 0.15) is 5.75 Å². The van der Waals surface area contributed by atoms with Gasteiger partial charge in [-0.15, -0.1) is 0 Å². The van der Waals surface area contributed by atoms with Crippen molar-refractivity contribution in [2.75, 3.05) is 18.6 Å². The van der Waals surface area contributed by atoms with Crippen LogP contribution in [0, 0.1) is 0 Å². The van der Waals surface area contributed by atoms with Crippen LogP contribution in [0.3, 0.4) is 0 Å². The molecule has 0 saturated carbocycles. The number of methoxy groups -OCH3 is 1. The van der Waals surface area contributed by atoms with Gasteiger partial charge in [0.05, 0.1) is 29.5 Å². The van der Waals surface area contributed by atoms with Gasteiger partial charge in [-0.25, -0.2) is 4.90 Å². The molecular weight excluding hydrogens is 380 g/mol. The Morgan fingerprint density at radius 1 is 0.867 bits per heavy atom. The van der Waals surface area contributed by atoms with Crippen molar-refractivity contribution >= 4 is 23.4 Å². The molecule has 0 saturated heterocycles. The van der Waals surface area contributed by atoms with E-state index in [1.165, 1.54) is 0 Å². The summed E-state index contributed by atoms with van der Waals surface area (Å²) in [5, 5.41) is 2.87. The number of ether oxygens (including phenoxy) is 1. The van der Waals surface area contributed by atoms with Gasteiger partial charge in [-0.05, 0) is 42.3 Å². The number of amides is 3. The molecule has 6 nitrogen and oxygen atoms in total. The molecule has 0 unspecified atom stereocenters. The number of fused-ring (bicyclic) bond motifs is 1. The zero-order chi connectivity index (χ0) is 21.1. The Bertz CT molecular complexity index is 1100. The van der Waals surface area contributed by atoms with Crippen LogP contribution in [0.15, 0.2) is 72.8 Å². The number of benzene rings is 3. The van der Waals surface area contributed by atoms with Gasteiger partial charge in [-0.1, -0.05) is 42.5 Å². The first-order chi connectivity index (χ1) is 14.6. The summed E-state index contributed by atoms with van der Waals surface area (Å²) in [7, 11) is 1.61. The Labute approximate surface area is 174 Å². The summed E-state index contributed by atoms with van der Waals surface area (Å²) in [6.07, 6.45) is 0.588. The number of hydrogen-bond acceptors (Lipinski definition) is 4. The molecule has 0 radical (unpaired) electrons. The highest BCUT2D eigenvalue weighted by Gasteiger charge is 2.37. The molecule has 0 atom stereocenters. The van der Waals surface area contributed by atoms with Crippen molar-refractivity contribution in [1.29, 1.82) is 0 Å². The Morgan fingerprint density at radius 2 is 1.47 bits per heavy atom. The molecule has 0 aromatic heterocycles. The van der Waals surface area contributed by atoms with Crippen LogP contribution in [0.5, 0.6) is 5.75 Å². The third kappa shape index (κ3) is 3.43. The topological polar surface area (TPSA) is 75.7 Å².